The third-order valence-electron chi connectivity index (χ3n) is 8.13. The summed E-state index contributed by atoms with van der Waals surface area (Å²) in [5.41, 5.74) is 3.32. The molecule has 3 aliphatic rings. The second kappa shape index (κ2) is 11.3. The van der Waals surface area contributed by atoms with Crippen LogP contribution < -0.4 is 29.7 Å². The summed E-state index contributed by atoms with van der Waals surface area (Å²) < 4.78 is 17.4. The fourth-order valence-corrected chi connectivity index (χ4v) is 6.09. The van der Waals surface area contributed by atoms with Crippen LogP contribution in [0, 0.1) is 16.7 Å². The van der Waals surface area contributed by atoms with Crippen LogP contribution in [0.25, 0.3) is 11.3 Å². The average molecular weight is 555 g/mol. The summed E-state index contributed by atoms with van der Waals surface area (Å²) in [6, 6.07) is 15.4. The number of methoxy groups -OCH3 is 1. The Hall–Kier alpha value is -4.36. The lowest BCUT2D eigenvalue weighted by atomic mass is 9.61. The maximum atomic E-state index is 13.4. The van der Waals surface area contributed by atoms with Gasteiger partial charge in [-0.2, -0.15) is 5.26 Å². The third kappa shape index (κ3) is 5.37. The smallest absolute Gasteiger partial charge is 0.274 e. The van der Waals surface area contributed by atoms with Crippen molar-refractivity contribution in [3.63, 3.8) is 0 Å². The third-order valence-corrected chi connectivity index (χ3v) is 8.13. The molecule has 2 aromatic heterocycles. The number of pyridine rings is 2. The van der Waals surface area contributed by atoms with Crippen LogP contribution in [-0.2, 0) is 0 Å². The van der Waals surface area contributed by atoms with E-state index in [1.54, 1.807) is 19.4 Å². The van der Waals surface area contributed by atoms with Crippen LogP contribution in [-0.4, -0.2) is 67.9 Å². The average Bonchev–Trinajstić information content (AvgIpc) is 3.47. The van der Waals surface area contributed by atoms with Crippen molar-refractivity contribution < 1.29 is 19.0 Å². The molecule has 2 aliphatic heterocycles. The first kappa shape index (κ1) is 26.8. The van der Waals surface area contributed by atoms with Crippen LogP contribution in [0.15, 0.2) is 48.7 Å². The zero-order valence-corrected chi connectivity index (χ0v) is 23.4. The molecule has 0 bridgehead atoms. The van der Waals surface area contributed by atoms with Crippen LogP contribution in [0.3, 0.4) is 0 Å². The van der Waals surface area contributed by atoms with Gasteiger partial charge in [-0.1, -0.05) is 0 Å². The summed E-state index contributed by atoms with van der Waals surface area (Å²) in [6.07, 6.45) is 4.31. The largest absolute Gasteiger partial charge is 0.497 e. The molecule has 10 nitrogen and oxygen atoms in total. The molecular formula is C31H34N6O4. The summed E-state index contributed by atoms with van der Waals surface area (Å²) in [5, 5.41) is 16.0. The number of amides is 1. The van der Waals surface area contributed by atoms with Gasteiger partial charge in [-0.25, -0.2) is 9.97 Å². The van der Waals surface area contributed by atoms with Crippen LogP contribution in [0.1, 0.15) is 42.2 Å². The van der Waals surface area contributed by atoms with Crippen molar-refractivity contribution in [3.05, 3.63) is 59.9 Å². The minimum absolute atomic E-state index is 0.00632. The van der Waals surface area contributed by atoms with Gasteiger partial charge in [0.2, 0.25) is 5.88 Å². The SMILES string of the molecule is CCOc1ncccc1-c1ccc(OC2CC3(C2)CN(c2ccc(OC)cc2C#N)C3)c(C(=O)N[C@@H]2CCNC2)n1. The highest BCUT2D eigenvalue weighted by atomic mass is 16.5. The topological polar surface area (TPSA) is 122 Å². The molecule has 1 aliphatic carbocycles. The summed E-state index contributed by atoms with van der Waals surface area (Å²) in [4.78, 5) is 24.8. The van der Waals surface area contributed by atoms with E-state index < -0.39 is 0 Å². The summed E-state index contributed by atoms with van der Waals surface area (Å²) in [6.45, 7) is 5.74. The number of carbonyl (C=O) groups excluding carboxylic acids is 1. The predicted molar refractivity (Wildman–Crippen MR) is 153 cm³/mol. The number of anilines is 1. The monoisotopic (exact) mass is 554 g/mol. The van der Waals surface area contributed by atoms with Gasteiger partial charge < -0.3 is 29.7 Å². The van der Waals surface area contributed by atoms with Gasteiger partial charge in [0, 0.05) is 37.3 Å². The quantitative estimate of drug-likeness (QED) is 0.409. The van der Waals surface area contributed by atoms with E-state index in [2.05, 4.69) is 26.6 Å². The molecule has 1 spiro atoms. The van der Waals surface area contributed by atoms with E-state index in [1.807, 2.05) is 43.3 Å². The van der Waals surface area contributed by atoms with E-state index in [4.69, 9.17) is 19.2 Å². The van der Waals surface area contributed by atoms with Gasteiger partial charge in [0.15, 0.2) is 11.4 Å². The van der Waals surface area contributed by atoms with Crippen molar-refractivity contribution in [2.45, 2.75) is 38.3 Å². The number of nitriles is 1. The summed E-state index contributed by atoms with van der Waals surface area (Å²) in [7, 11) is 1.60. The van der Waals surface area contributed by atoms with Crippen molar-refractivity contribution in [2.75, 3.05) is 44.8 Å². The lowest BCUT2D eigenvalue weighted by Crippen LogP contribution is -2.65. The highest BCUT2D eigenvalue weighted by molar-refractivity contribution is 5.96. The number of hydrogen-bond donors (Lipinski definition) is 2. The highest BCUT2D eigenvalue weighted by Crippen LogP contribution is 2.51. The Bertz CT molecular complexity index is 1470. The second-order valence-electron chi connectivity index (χ2n) is 11.0. The first-order valence-electron chi connectivity index (χ1n) is 14.1. The molecule has 2 saturated heterocycles. The van der Waals surface area contributed by atoms with Gasteiger partial charge in [-0.3, -0.25) is 4.79 Å². The molecule has 212 valence electrons. The fourth-order valence-electron chi connectivity index (χ4n) is 6.09. The molecule has 2 N–H and O–H groups in total. The maximum absolute atomic E-state index is 13.4. The first-order chi connectivity index (χ1) is 20.0. The van der Waals surface area contributed by atoms with Gasteiger partial charge in [0.05, 0.1) is 36.2 Å². The van der Waals surface area contributed by atoms with Crippen molar-refractivity contribution in [3.8, 4) is 34.7 Å². The number of ether oxygens (including phenoxy) is 3. The number of benzene rings is 1. The molecule has 4 heterocycles. The van der Waals surface area contributed by atoms with Crippen LogP contribution in [0.5, 0.6) is 17.4 Å². The van der Waals surface area contributed by atoms with Gasteiger partial charge in [0.1, 0.15) is 17.9 Å². The van der Waals surface area contributed by atoms with Crippen LogP contribution >= 0.6 is 0 Å². The standard InChI is InChI=1S/C31H34N6O4/c1-3-40-30-24(5-4-11-34-30)25-7-9-27(28(36-25)29(38)35-21-10-12-33-17-21)41-23-14-31(15-23)18-37(19-31)26-8-6-22(39-2)13-20(26)16-32/h4-9,11,13,21,23,33H,3,10,12,14-15,17-19H2,1-2H3,(H,35,38)/t21-/m1/s1. The fraction of sp³-hybridized carbons (Fsp3) is 0.419. The molecule has 41 heavy (non-hydrogen) atoms. The zero-order valence-electron chi connectivity index (χ0n) is 23.4. The molecule has 1 amide bonds. The zero-order chi connectivity index (χ0) is 28.4. The Morgan fingerprint density at radius 3 is 2.83 bits per heavy atom. The van der Waals surface area contributed by atoms with E-state index in [0.29, 0.717) is 35.2 Å². The number of hydrogen-bond acceptors (Lipinski definition) is 9. The molecule has 1 atom stereocenters. The van der Waals surface area contributed by atoms with Crippen molar-refractivity contribution in [1.82, 2.24) is 20.6 Å². The number of carbonyl (C=O) groups is 1. The molecule has 10 heteroatoms. The highest BCUT2D eigenvalue weighted by Gasteiger charge is 2.54. The van der Waals surface area contributed by atoms with E-state index in [9.17, 15) is 10.1 Å². The lowest BCUT2D eigenvalue weighted by Gasteiger charge is -2.59. The lowest BCUT2D eigenvalue weighted by molar-refractivity contribution is -0.0344. The van der Waals surface area contributed by atoms with Crippen molar-refractivity contribution in [1.29, 1.82) is 5.26 Å². The summed E-state index contributed by atoms with van der Waals surface area (Å²) >= 11 is 0. The van der Waals surface area contributed by atoms with E-state index in [1.165, 1.54) is 0 Å². The minimum atomic E-state index is -0.246. The Morgan fingerprint density at radius 2 is 2.10 bits per heavy atom. The predicted octanol–water partition coefficient (Wildman–Crippen LogP) is 3.56. The van der Waals surface area contributed by atoms with Gasteiger partial charge >= 0.3 is 0 Å². The molecule has 1 aromatic carbocycles. The van der Waals surface area contributed by atoms with E-state index in [-0.39, 0.29) is 29.2 Å². The number of rotatable bonds is 9. The molecular weight excluding hydrogens is 520 g/mol. The number of nitrogens with one attached hydrogen (secondary N) is 2. The number of aromatic nitrogens is 2. The molecule has 6 rings (SSSR count). The first-order valence-corrected chi connectivity index (χ1v) is 14.1. The van der Waals surface area contributed by atoms with E-state index >= 15 is 0 Å². The normalized spacial score (nSPS) is 19.1. The Labute approximate surface area is 239 Å². The Morgan fingerprint density at radius 1 is 1.24 bits per heavy atom. The molecule has 0 radical (unpaired) electrons. The maximum Gasteiger partial charge on any atom is 0.274 e. The Kier molecular flexibility index (Phi) is 7.37. The van der Waals surface area contributed by atoms with Gasteiger partial charge in [-0.05, 0) is 75.2 Å². The van der Waals surface area contributed by atoms with Crippen LogP contribution in [0.2, 0.25) is 0 Å². The van der Waals surface area contributed by atoms with Gasteiger partial charge in [0.25, 0.3) is 5.91 Å². The van der Waals surface area contributed by atoms with E-state index in [0.717, 1.165) is 56.7 Å². The molecule has 3 aromatic rings. The molecule has 1 saturated carbocycles. The minimum Gasteiger partial charge on any atom is -0.497 e. The molecule has 0 unspecified atom stereocenters. The molecule has 3 fully saturated rings. The Balaban J connectivity index is 1.17. The van der Waals surface area contributed by atoms with Crippen molar-refractivity contribution >= 4 is 11.6 Å². The summed E-state index contributed by atoms with van der Waals surface area (Å²) in [5.74, 6) is 1.40. The van der Waals surface area contributed by atoms with Crippen LogP contribution in [0.4, 0.5) is 5.69 Å². The second-order valence-corrected chi connectivity index (χ2v) is 11.0. The van der Waals surface area contributed by atoms with Gasteiger partial charge in [-0.15, -0.1) is 0 Å². The van der Waals surface area contributed by atoms with Crippen molar-refractivity contribution in [2.24, 2.45) is 5.41 Å². The number of nitrogens with zero attached hydrogens (tertiary/aromatic N) is 4.